The molecular formula is C26H26N4O4S. The highest BCUT2D eigenvalue weighted by Gasteiger charge is 2.27. The van der Waals surface area contributed by atoms with Crippen molar-refractivity contribution in [1.29, 1.82) is 0 Å². The maximum absolute atomic E-state index is 13.1. The van der Waals surface area contributed by atoms with Crippen LogP contribution >= 0.6 is 11.3 Å². The monoisotopic (exact) mass is 490 g/mol. The fourth-order valence-corrected chi connectivity index (χ4v) is 5.97. The van der Waals surface area contributed by atoms with Crippen LogP contribution < -0.4 is 10.1 Å². The zero-order valence-electron chi connectivity index (χ0n) is 19.9. The van der Waals surface area contributed by atoms with Crippen molar-refractivity contribution in [3.05, 3.63) is 58.2 Å². The molecule has 4 aromatic rings. The van der Waals surface area contributed by atoms with E-state index in [1.54, 1.807) is 18.0 Å². The van der Waals surface area contributed by atoms with Crippen LogP contribution in [0, 0.1) is 6.92 Å². The van der Waals surface area contributed by atoms with Gasteiger partial charge in [-0.2, -0.15) is 5.10 Å². The Morgan fingerprint density at radius 1 is 1.11 bits per heavy atom. The third-order valence-electron chi connectivity index (χ3n) is 6.32. The second-order valence-corrected chi connectivity index (χ2v) is 9.59. The molecule has 0 fully saturated rings. The second kappa shape index (κ2) is 9.50. The molecule has 8 nitrogen and oxygen atoms in total. The van der Waals surface area contributed by atoms with Crippen LogP contribution in [0.3, 0.4) is 0 Å². The Kier molecular flexibility index (Phi) is 6.25. The molecule has 1 aliphatic rings. The van der Waals surface area contributed by atoms with E-state index >= 15 is 0 Å². The number of hydrogen-bond donors (Lipinski definition) is 1. The standard InChI is InChI=1S/C26H26N4O4S/c1-15-22-18(16-8-10-17(33-2)11-9-16)12-13-27-24(22)30(29-15)14-21(31)28-25-23(26(32)34-3)19-6-4-5-7-20(19)35-25/h8-13H,4-7,14H2,1-3H3,(H,28,31). The lowest BCUT2D eigenvalue weighted by molar-refractivity contribution is -0.116. The highest BCUT2D eigenvalue weighted by molar-refractivity contribution is 7.17. The lowest BCUT2D eigenvalue weighted by Gasteiger charge is -2.11. The van der Waals surface area contributed by atoms with Crippen LogP contribution in [-0.4, -0.2) is 40.9 Å². The van der Waals surface area contributed by atoms with E-state index in [1.165, 1.54) is 18.4 Å². The average molecular weight is 491 g/mol. The van der Waals surface area contributed by atoms with Crippen LogP contribution in [0.25, 0.3) is 22.2 Å². The molecule has 0 radical (unpaired) electrons. The van der Waals surface area contributed by atoms with Gasteiger partial charge < -0.3 is 14.8 Å². The first-order chi connectivity index (χ1) is 17.0. The maximum Gasteiger partial charge on any atom is 0.341 e. The lowest BCUT2D eigenvalue weighted by Crippen LogP contribution is -2.21. The van der Waals surface area contributed by atoms with Crippen molar-refractivity contribution in [1.82, 2.24) is 14.8 Å². The first-order valence-electron chi connectivity index (χ1n) is 11.5. The van der Waals surface area contributed by atoms with Crippen LogP contribution in [-0.2, 0) is 28.9 Å². The summed E-state index contributed by atoms with van der Waals surface area (Å²) in [5, 5.41) is 9.00. The van der Waals surface area contributed by atoms with E-state index in [2.05, 4.69) is 15.4 Å². The van der Waals surface area contributed by atoms with Crippen molar-refractivity contribution in [3.8, 4) is 16.9 Å². The molecule has 0 atom stereocenters. The van der Waals surface area contributed by atoms with Crippen molar-refractivity contribution in [2.24, 2.45) is 0 Å². The molecule has 1 aliphatic carbocycles. The molecule has 0 unspecified atom stereocenters. The molecule has 9 heteroatoms. The molecule has 180 valence electrons. The Morgan fingerprint density at radius 2 is 1.89 bits per heavy atom. The minimum absolute atomic E-state index is 0.0212. The highest BCUT2D eigenvalue weighted by Crippen LogP contribution is 2.38. The number of methoxy groups -OCH3 is 2. The molecule has 35 heavy (non-hydrogen) atoms. The summed E-state index contributed by atoms with van der Waals surface area (Å²) in [6.45, 7) is 1.89. The number of nitrogens with one attached hydrogen (secondary N) is 1. The summed E-state index contributed by atoms with van der Waals surface area (Å²) in [6.07, 6.45) is 5.58. The third-order valence-corrected chi connectivity index (χ3v) is 7.52. The van der Waals surface area contributed by atoms with Gasteiger partial charge in [-0.3, -0.25) is 4.79 Å². The summed E-state index contributed by atoms with van der Waals surface area (Å²) in [5.41, 5.74) is 4.91. The lowest BCUT2D eigenvalue weighted by atomic mass is 9.95. The second-order valence-electron chi connectivity index (χ2n) is 8.48. The number of aromatic nitrogens is 3. The van der Waals surface area contributed by atoms with Gasteiger partial charge in [0.1, 0.15) is 17.3 Å². The molecule has 0 aliphatic heterocycles. The van der Waals surface area contributed by atoms with E-state index in [0.29, 0.717) is 16.2 Å². The third kappa shape index (κ3) is 4.27. The van der Waals surface area contributed by atoms with E-state index in [1.807, 2.05) is 37.3 Å². The number of carbonyl (C=O) groups excluding carboxylic acids is 2. The topological polar surface area (TPSA) is 95.3 Å². The molecule has 3 aromatic heterocycles. The Balaban J connectivity index is 1.44. The first kappa shape index (κ1) is 23.0. The smallest absolute Gasteiger partial charge is 0.341 e. The van der Waals surface area contributed by atoms with E-state index in [-0.39, 0.29) is 12.5 Å². The number of amides is 1. The fraction of sp³-hybridized carbons (Fsp3) is 0.308. The van der Waals surface area contributed by atoms with Gasteiger partial charge in [-0.25, -0.2) is 14.5 Å². The van der Waals surface area contributed by atoms with E-state index in [0.717, 1.165) is 64.1 Å². The Morgan fingerprint density at radius 3 is 2.63 bits per heavy atom. The highest BCUT2D eigenvalue weighted by atomic mass is 32.1. The minimum Gasteiger partial charge on any atom is -0.497 e. The molecule has 0 saturated heterocycles. The number of benzene rings is 1. The summed E-state index contributed by atoms with van der Waals surface area (Å²) >= 11 is 1.47. The average Bonchev–Trinajstić information content (AvgIpc) is 3.40. The SMILES string of the molecule is COC(=O)c1c(NC(=O)Cn2nc(C)c3c(-c4ccc(OC)cc4)ccnc32)sc2c1CCCC2. The number of rotatable bonds is 6. The molecular weight excluding hydrogens is 464 g/mol. The molecule has 1 amide bonds. The molecule has 0 spiro atoms. The van der Waals surface area contributed by atoms with Crippen molar-refractivity contribution in [2.75, 3.05) is 19.5 Å². The Labute approximate surface area is 206 Å². The number of hydrogen-bond acceptors (Lipinski definition) is 7. The molecule has 5 rings (SSSR count). The molecule has 0 saturated carbocycles. The number of pyridine rings is 1. The summed E-state index contributed by atoms with van der Waals surface area (Å²) in [4.78, 5) is 31.2. The Hall–Kier alpha value is -3.72. The number of fused-ring (bicyclic) bond motifs is 2. The zero-order valence-corrected chi connectivity index (χ0v) is 20.7. The van der Waals surface area contributed by atoms with Gasteiger partial charge >= 0.3 is 5.97 Å². The molecule has 3 heterocycles. The number of carbonyl (C=O) groups is 2. The van der Waals surface area contributed by atoms with E-state index in [4.69, 9.17) is 9.47 Å². The van der Waals surface area contributed by atoms with Crippen LogP contribution in [0.4, 0.5) is 5.00 Å². The first-order valence-corrected chi connectivity index (χ1v) is 12.3. The molecule has 0 bridgehead atoms. The number of esters is 1. The van der Waals surface area contributed by atoms with Gasteiger partial charge in [0.15, 0.2) is 5.65 Å². The predicted molar refractivity (Wildman–Crippen MR) is 135 cm³/mol. The van der Waals surface area contributed by atoms with Crippen molar-refractivity contribution in [2.45, 2.75) is 39.2 Å². The van der Waals surface area contributed by atoms with Crippen LogP contribution in [0.15, 0.2) is 36.5 Å². The van der Waals surface area contributed by atoms with Gasteiger partial charge in [-0.05, 0) is 67.5 Å². The van der Waals surface area contributed by atoms with Crippen LogP contribution in [0.2, 0.25) is 0 Å². The van der Waals surface area contributed by atoms with Gasteiger partial charge in [0.2, 0.25) is 5.91 Å². The quantitative estimate of drug-likeness (QED) is 0.391. The van der Waals surface area contributed by atoms with Crippen molar-refractivity contribution in [3.63, 3.8) is 0 Å². The molecule has 1 N–H and O–H groups in total. The summed E-state index contributed by atoms with van der Waals surface area (Å²) in [5.74, 6) is 0.102. The van der Waals surface area contributed by atoms with E-state index in [9.17, 15) is 9.59 Å². The minimum atomic E-state index is -0.411. The summed E-state index contributed by atoms with van der Waals surface area (Å²) < 4.78 is 11.9. The normalized spacial score (nSPS) is 12.9. The van der Waals surface area contributed by atoms with Crippen LogP contribution in [0.1, 0.15) is 39.3 Å². The van der Waals surface area contributed by atoms with E-state index < -0.39 is 5.97 Å². The number of nitrogens with zero attached hydrogens (tertiary/aromatic N) is 3. The predicted octanol–water partition coefficient (Wildman–Crippen LogP) is 4.78. The van der Waals surface area contributed by atoms with Gasteiger partial charge in [0, 0.05) is 16.5 Å². The number of ether oxygens (including phenoxy) is 2. The fourth-order valence-electron chi connectivity index (χ4n) is 4.68. The van der Waals surface area contributed by atoms with Gasteiger partial charge in [-0.1, -0.05) is 12.1 Å². The zero-order chi connectivity index (χ0) is 24.5. The summed E-state index contributed by atoms with van der Waals surface area (Å²) in [7, 11) is 3.00. The van der Waals surface area contributed by atoms with Crippen molar-refractivity contribution >= 4 is 39.2 Å². The number of aryl methyl sites for hydroxylation is 2. The van der Waals surface area contributed by atoms with Gasteiger partial charge in [0.25, 0.3) is 0 Å². The summed E-state index contributed by atoms with van der Waals surface area (Å²) in [6, 6.07) is 9.75. The largest absolute Gasteiger partial charge is 0.497 e. The molecule has 1 aromatic carbocycles. The van der Waals surface area contributed by atoms with Gasteiger partial charge in [0.05, 0.1) is 25.5 Å². The maximum atomic E-state index is 13.1. The van der Waals surface area contributed by atoms with Crippen LogP contribution in [0.5, 0.6) is 5.75 Å². The number of thiophene rings is 1. The Bertz CT molecular complexity index is 1420. The number of anilines is 1. The van der Waals surface area contributed by atoms with Crippen molar-refractivity contribution < 1.29 is 19.1 Å². The van der Waals surface area contributed by atoms with Gasteiger partial charge in [-0.15, -0.1) is 11.3 Å².